The van der Waals surface area contributed by atoms with Crippen LogP contribution in [0.4, 0.5) is 5.69 Å². The highest BCUT2D eigenvalue weighted by molar-refractivity contribution is 7.92. The van der Waals surface area contributed by atoms with Crippen molar-refractivity contribution in [3.63, 3.8) is 0 Å². The van der Waals surface area contributed by atoms with Gasteiger partial charge in [0.25, 0.3) is 0 Å². The van der Waals surface area contributed by atoms with Crippen molar-refractivity contribution >= 4 is 31.5 Å². The van der Waals surface area contributed by atoms with Gasteiger partial charge in [0.05, 0.1) is 9.79 Å². The van der Waals surface area contributed by atoms with Crippen molar-refractivity contribution in [3.8, 4) is 0 Å². The number of amides is 1. The van der Waals surface area contributed by atoms with E-state index in [0.29, 0.717) is 24.7 Å². The maximum Gasteiger partial charge on any atom is 0.243 e. The summed E-state index contributed by atoms with van der Waals surface area (Å²) in [5.41, 5.74) is 0.337. The molecule has 0 spiro atoms. The summed E-state index contributed by atoms with van der Waals surface area (Å²) in [6.07, 6.45) is 1.85. The first kappa shape index (κ1) is 21.5. The molecule has 1 amide bonds. The van der Waals surface area contributed by atoms with E-state index in [-0.39, 0.29) is 9.79 Å². The standard InChI is InChI=1S/C20H24N2O5S2/c1-16-6-5-13-22(14-16)29(26,27)19-11-9-17(10-12-19)21-20(23)15-28(24,25)18-7-3-2-4-8-18/h2-4,7-12,16H,5-6,13-15H2,1H3,(H,21,23). The smallest absolute Gasteiger partial charge is 0.243 e. The van der Waals surface area contributed by atoms with E-state index in [1.807, 2.05) is 6.92 Å². The average molecular weight is 437 g/mol. The van der Waals surface area contributed by atoms with Crippen LogP contribution >= 0.6 is 0 Å². The molecule has 1 aliphatic rings. The highest BCUT2D eigenvalue weighted by Gasteiger charge is 2.28. The maximum absolute atomic E-state index is 12.8. The zero-order chi connectivity index (χ0) is 21.1. The van der Waals surface area contributed by atoms with Gasteiger partial charge in [0.2, 0.25) is 15.9 Å². The summed E-state index contributed by atoms with van der Waals surface area (Å²) in [6, 6.07) is 13.5. The molecular weight excluding hydrogens is 412 g/mol. The van der Waals surface area contributed by atoms with E-state index in [1.54, 1.807) is 18.2 Å². The molecule has 0 bridgehead atoms. The molecule has 3 rings (SSSR count). The molecule has 156 valence electrons. The molecule has 2 aromatic rings. The molecule has 29 heavy (non-hydrogen) atoms. The predicted molar refractivity (Wildman–Crippen MR) is 111 cm³/mol. The molecular formula is C20H24N2O5S2. The lowest BCUT2D eigenvalue weighted by atomic mass is 10.0. The molecule has 1 saturated heterocycles. The van der Waals surface area contributed by atoms with E-state index in [0.717, 1.165) is 12.8 Å². The third-order valence-corrected chi connectivity index (χ3v) is 8.33. The second-order valence-corrected chi connectivity index (χ2v) is 11.2. The third kappa shape index (κ3) is 5.23. The lowest BCUT2D eigenvalue weighted by Crippen LogP contribution is -2.39. The number of nitrogens with one attached hydrogen (secondary N) is 1. The number of rotatable bonds is 6. The molecule has 1 N–H and O–H groups in total. The van der Waals surface area contributed by atoms with Crippen molar-refractivity contribution in [3.05, 3.63) is 54.6 Å². The largest absolute Gasteiger partial charge is 0.325 e. The zero-order valence-corrected chi connectivity index (χ0v) is 17.7. The number of carbonyl (C=O) groups excluding carboxylic acids is 1. The van der Waals surface area contributed by atoms with Crippen LogP contribution in [0.1, 0.15) is 19.8 Å². The van der Waals surface area contributed by atoms with Gasteiger partial charge in [-0.25, -0.2) is 16.8 Å². The van der Waals surface area contributed by atoms with Gasteiger partial charge in [0.1, 0.15) is 5.75 Å². The van der Waals surface area contributed by atoms with Gasteiger partial charge >= 0.3 is 0 Å². The van der Waals surface area contributed by atoms with E-state index in [1.165, 1.54) is 40.7 Å². The fourth-order valence-corrected chi connectivity index (χ4v) is 6.06. The van der Waals surface area contributed by atoms with Crippen molar-refractivity contribution in [1.82, 2.24) is 4.31 Å². The van der Waals surface area contributed by atoms with Crippen molar-refractivity contribution in [1.29, 1.82) is 0 Å². The van der Waals surface area contributed by atoms with E-state index >= 15 is 0 Å². The van der Waals surface area contributed by atoms with Gasteiger partial charge in [-0.15, -0.1) is 0 Å². The van der Waals surface area contributed by atoms with Gasteiger partial charge in [0, 0.05) is 18.8 Å². The Morgan fingerprint density at radius 1 is 1.00 bits per heavy atom. The Morgan fingerprint density at radius 3 is 2.28 bits per heavy atom. The number of nitrogens with zero attached hydrogens (tertiary/aromatic N) is 1. The van der Waals surface area contributed by atoms with Crippen LogP contribution in [0.3, 0.4) is 0 Å². The Hall–Kier alpha value is -2.23. The number of sulfonamides is 1. The van der Waals surface area contributed by atoms with Gasteiger partial charge in [-0.3, -0.25) is 4.79 Å². The third-order valence-electron chi connectivity index (χ3n) is 4.82. The highest BCUT2D eigenvalue weighted by atomic mass is 32.2. The minimum absolute atomic E-state index is 0.0763. The zero-order valence-electron chi connectivity index (χ0n) is 16.1. The lowest BCUT2D eigenvalue weighted by molar-refractivity contribution is -0.113. The number of benzene rings is 2. The van der Waals surface area contributed by atoms with E-state index in [9.17, 15) is 21.6 Å². The molecule has 1 aliphatic heterocycles. The fourth-order valence-electron chi connectivity index (χ4n) is 3.30. The minimum Gasteiger partial charge on any atom is -0.325 e. The SMILES string of the molecule is CC1CCCN(S(=O)(=O)c2ccc(NC(=O)CS(=O)(=O)c3ccccc3)cc2)C1. The van der Waals surface area contributed by atoms with Crippen molar-refractivity contribution in [2.45, 2.75) is 29.6 Å². The number of hydrogen-bond acceptors (Lipinski definition) is 5. The molecule has 0 radical (unpaired) electrons. The molecule has 1 heterocycles. The molecule has 1 fully saturated rings. The van der Waals surface area contributed by atoms with Crippen LogP contribution < -0.4 is 5.32 Å². The van der Waals surface area contributed by atoms with Crippen molar-refractivity contribution in [2.24, 2.45) is 5.92 Å². The number of carbonyl (C=O) groups is 1. The van der Waals surface area contributed by atoms with Crippen LogP contribution in [0.5, 0.6) is 0 Å². The summed E-state index contributed by atoms with van der Waals surface area (Å²) < 4.78 is 51.6. The quantitative estimate of drug-likeness (QED) is 0.750. The number of anilines is 1. The molecule has 0 saturated carbocycles. The molecule has 7 nitrogen and oxygen atoms in total. The average Bonchev–Trinajstić information content (AvgIpc) is 2.68. The van der Waals surface area contributed by atoms with E-state index in [4.69, 9.17) is 0 Å². The Bertz CT molecular complexity index is 1070. The Labute approximate surface area is 171 Å². The van der Waals surface area contributed by atoms with Crippen LogP contribution in [0, 0.1) is 5.92 Å². The van der Waals surface area contributed by atoms with E-state index < -0.39 is 31.5 Å². The molecule has 9 heteroatoms. The molecule has 1 unspecified atom stereocenters. The van der Waals surface area contributed by atoms with Gasteiger partial charge in [0.15, 0.2) is 9.84 Å². The molecule has 1 atom stereocenters. The van der Waals surface area contributed by atoms with Crippen LogP contribution in [0.15, 0.2) is 64.4 Å². The fraction of sp³-hybridized carbons (Fsp3) is 0.350. The molecule has 0 aromatic heterocycles. The Balaban J connectivity index is 1.67. The summed E-state index contributed by atoms with van der Waals surface area (Å²) in [6.45, 7) is 3.03. The second kappa shape index (κ2) is 8.64. The summed E-state index contributed by atoms with van der Waals surface area (Å²) in [5.74, 6) is -1.05. The predicted octanol–water partition coefficient (Wildman–Crippen LogP) is 2.52. The topological polar surface area (TPSA) is 101 Å². The van der Waals surface area contributed by atoms with Crippen LogP contribution in [0.25, 0.3) is 0 Å². The Kier molecular flexibility index (Phi) is 6.40. The Morgan fingerprint density at radius 2 is 1.66 bits per heavy atom. The summed E-state index contributed by atoms with van der Waals surface area (Å²) >= 11 is 0. The minimum atomic E-state index is -3.75. The van der Waals surface area contributed by atoms with Crippen LogP contribution in [-0.2, 0) is 24.7 Å². The first-order valence-corrected chi connectivity index (χ1v) is 12.5. The molecule has 2 aromatic carbocycles. The number of sulfone groups is 1. The summed E-state index contributed by atoms with van der Waals surface area (Å²) in [5, 5.41) is 2.51. The molecule has 0 aliphatic carbocycles. The highest BCUT2D eigenvalue weighted by Crippen LogP contribution is 2.24. The summed E-state index contributed by atoms with van der Waals surface area (Å²) in [7, 11) is -7.33. The van der Waals surface area contributed by atoms with Gasteiger partial charge in [-0.2, -0.15) is 4.31 Å². The van der Waals surface area contributed by atoms with Gasteiger partial charge in [-0.05, 0) is 55.2 Å². The first-order chi connectivity index (χ1) is 13.7. The van der Waals surface area contributed by atoms with Crippen LogP contribution in [-0.4, -0.2) is 45.9 Å². The number of hydrogen-bond donors (Lipinski definition) is 1. The van der Waals surface area contributed by atoms with Crippen LogP contribution in [0.2, 0.25) is 0 Å². The monoisotopic (exact) mass is 436 g/mol. The second-order valence-electron chi connectivity index (χ2n) is 7.26. The lowest BCUT2D eigenvalue weighted by Gasteiger charge is -2.30. The normalized spacial score (nSPS) is 18.3. The van der Waals surface area contributed by atoms with E-state index in [2.05, 4.69) is 5.32 Å². The summed E-state index contributed by atoms with van der Waals surface area (Å²) in [4.78, 5) is 12.4. The number of piperidine rings is 1. The maximum atomic E-state index is 12.8. The van der Waals surface area contributed by atoms with Crippen molar-refractivity contribution < 1.29 is 21.6 Å². The van der Waals surface area contributed by atoms with Crippen molar-refractivity contribution in [2.75, 3.05) is 24.2 Å². The van der Waals surface area contributed by atoms with Gasteiger partial charge < -0.3 is 5.32 Å². The first-order valence-electron chi connectivity index (χ1n) is 9.36. The van der Waals surface area contributed by atoms with Gasteiger partial charge in [-0.1, -0.05) is 25.1 Å².